The second kappa shape index (κ2) is 8.79. The van der Waals surface area contributed by atoms with E-state index in [2.05, 4.69) is 20.8 Å². The highest BCUT2D eigenvalue weighted by molar-refractivity contribution is 8.14. The van der Waals surface area contributed by atoms with Gasteiger partial charge in [-0.3, -0.25) is 14.4 Å². The average molecular weight is 519 g/mol. The molecule has 0 aromatic carbocycles. The molecule has 4 fully saturated rings. The maximum absolute atomic E-state index is 14.2. The summed E-state index contributed by atoms with van der Waals surface area (Å²) in [6.45, 7) is 10.6. The van der Waals surface area contributed by atoms with E-state index < -0.39 is 33.9 Å². The van der Waals surface area contributed by atoms with E-state index in [4.69, 9.17) is 14.5 Å². The summed E-state index contributed by atoms with van der Waals surface area (Å²) in [6, 6.07) is 0. The van der Waals surface area contributed by atoms with Crippen LogP contribution in [0.1, 0.15) is 73.1 Å². The van der Waals surface area contributed by atoms with Crippen molar-refractivity contribution in [3.63, 3.8) is 0 Å². The van der Waals surface area contributed by atoms with Crippen molar-refractivity contribution in [2.45, 2.75) is 90.3 Å². The molecule has 9 atom stereocenters. The summed E-state index contributed by atoms with van der Waals surface area (Å²) in [5, 5.41) is 11.6. The third-order valence-electron chi connectivity index (χ3n) is 10.5. The number of hydrogen-bond acceptors (Lipinski definition) is 8. The predicted octanol–water partition coefficient (Wildman–Crippen LogP) is 4.53. The molecule has 4 aliphatic carbocycles. The van der Waals surface area contributed by atoms with E-state index in [1.54, 1.807) is 19.1 Å². The van der Waals surface area contributed by atoms with Crippen LogP contribution in [0.25, 0.3) is 0 Å². The summed E-state index contributed by atoms with van der Waals surface area (Å²) < 4.78 is 6.26. The Balaban J connectivity index is 1.60. The van der Waals surface area contributed by atoms with Gasteiger partial charge in [-0.1, -0.05) is 46.3 Å². The Bertz CT molecular complexity index is 1030. The fourth-order valence-corrected chi connectivity index (χ4v) is 9.89. The van der Waals surface area contributed by atoms with Gasteiger partial charge in [-0.25, -0.2) is 9.78 Å². The molecule has 2 unspecified atom stereocenters. The van der Waals surface area contributed by atoms with Gasteiger partial charge in [0.25, 0.3) is 0 Å². The Morgan fingerprint density at radius 2 is 1.97 bits per heavy atom. The largest absolute Gasteiger partial charge is 0.449 e. The second-order valence-corrected chi connectivity index (χ2v) is 13.2. The van der Waals surface area contributed by atoms with Gasteiger partial charge in [-0.15, -0.1) is 0 Å². The number of fused-ring (bicyclic) bond motifs is 5. The molecule has 5 rings (SSSR count). The Labute approximate surface area is 217 Å². The van der Waals surface area contributed by atoms with E-state index in [9.17, 15) is 19.5 Å². The molecule has 198 valence electrons. The Morgan fingerprint density at radius 1 is 1.22 bits per heavy atom. The van der Waals surface area contributed by atoms with Gasteiger partial charge in [0.15, 0.2) is 11.4 Å². The molecular weight excluding hydrogens is 480 g/mol. The van der Waals surface area contributed by atoms with Gasteiger partial charge >= 0.3 is 5.97 Å². The summed E-state index contributed by atoms with van der Waals surface area (Å²) in [7, 11) is 0. The molecule has 3 saturated carbocycles. The quantitative estimate of drug-likeness (QED) is 0.428. The number of aliphatic hydroxyl groups excluding tert-OH is 1. The van der Waals surface area contributed by atoms with Crippen LogP contribution in [0.15, 0.2) is 23.8 Å². The maximum atomic E-state index is 14.2. The molecule has 0 aromatic heterocycles. The first-order valence-corrected chi connectivity index (χ1v) is 14.1. The maximum Gasteiger partial charge on any atom is 0.306 e. The summed E-state index contributed by atoms with van der Waals surface area (Å²) in [5.41, 5.74) is -2.29. The number of aliphatic hydroxyl groups is 1. The zero-order valence-corrected chi connectivity index (χ0v) is 22.7. The molecule has 0 amide bonds. The summed E-state index contributed by atoms with van der Waals surface area (Å²) in [4.78, 5) is 49.5. The van der Waals surface area contributed by atoms with Crippen LogP contribution in [0, 0.1) is 34.0 Å². The normalized spacial score (nSPS) is 47.6. The van der Waals surface area contributed by atoms with Gasteiger partial charge in [0, 0.05) is 35.5 Å². The zero-order chi connectivity index (χ0) is 26.1. The lowest BCUT2D eigenvalue weighted by Gasteiger charge is -2.64. The molecular formula is C28H38O7S. The van der Waals surface area contributed by atoms with Gasteiger partial charge < -0.3 is 9.84 Å². The number of ether oxygens (including phenoxy) is 1. The fourth-order valence-electron chi connectivity index (χ4n) is 8.69. The van der Waals surface area contributed by atoms with Crippen molar-refractivity contribution in [2.75, 3.05) is 6.61 Å². The molecule has 8 heteroatoms. The molecule has 1 heterocycles. The average Bonchev–Trinajstić information content (AvgIpc) is 3.38. The highest BCUT2D eigenvalue weighted by Crippen LogP contribution is 2.75. The van der Waals surface area contributed by atoms with E-state index >= 15 is 0 Å². The number of hydrogen-bond donors (Lipinski definition) is 1. The lowest BCUT2D eigenvalue weighted by molar-refractivity contribution is -0.256. The first-order valence-electron chi connectivity index (χ1n) is 13.3. The van der Waals surface area contributed by atoms with E-state index in [1.807, 2.05) is 13.0 Å². The summed E-state index contributed by atoms with van der Waals surface area (Å²) in [5.74, 6) is -0.623. The summed E-state index contributed by atoms with van der Waals surface area (Å²) >= 11 is 1.06. The molecule has 0 spiro atoms. The van der Waals surface area contributed by atoms with Crippen LogP contribution in [-0.4, -0.2) is 45.7 Å². The Kier molecular flexibility index (Phi) is 6.38. The van der Waals surface area contributed by atoms with Gasteiger partial charge in [-0.2, -0.15) is 0 Å². The molecule has 36 heavy (non-hydrogen) atoms. The van der Waals surface area contributed by atoms with Crippen molar-refractivity contribution >= 4 is 28.6 Å². The van der Waals surface area contributed by atoms with Crippen LogP contribution < -0.4 is 0 Å². The van der Waals surface area contributed by atoms with Gasteiger partial charge in [0.05, 0.1) is 12.7 Å². The SMILES string of the molecule is CCC(=O)O[C@]1(C(=O)SC2CCOO2)[C@H](C)C[C@@]2(C)[C@@H]3CCC4=CC(=O)C=C[C@]4(C)C3[C@@H](O)C[C@@]21C. The van der Waals surface area contributed by atoms with Crippen molar-refractivity contribution in [3.8, 4) is 0 Å². The number of allylic oxidation sites excluding steroid dienone is 4. The number of esters is 1. The predicted molar refractivity (Wildman–Crippen MR) is 134 cm³/mol. The standard InChI is InChI=1S/C28H38O7S/c1-6-21(31)34-28(24(32)36-22-10-12-33-35-22)16(2)14-26(4)19-8-7-17-13-18(29)9-11-25(17,3)23(19)20(30)15-27(26,28)5/h9,11,13,16,19-20,22-23,30H,6-8,10,12,14-15H2,1-5H3/t16-,19-,20+,22?,23?,25+,26+,27+,28+/m1/s1. The summed E-state index contributed by atoms with van der Waals surface area (Å²) in [6.07, 6.45) is 8.04. The Morgan fingerprint density at radius 3 is 2.64 bits per heavy atom. The minimum atomic E-state index is -1.38. The number of rotatable bonds is 4. The van der Waals surface area contributed by atoms with Crippen molar-refractivity contribution in [3.05, 3.63) is 23.8 Å². The molecule has 1 aliphatic heterocycles. The van der Waals surface area contributed by atoms with Crippen molar-refractivity contribution < 1.29 is 34.0 Å². The molecule has 0 radical (unpaired) electrons. The molecule has 0 bridgehead atoms. The number of ketones is 1. The van der Waals surface area contributed by atoms with Gasteiger partial charge in [0.2, 0.25) is 5.12 Å². The van der Waals surface area contributed by atoms with Gasteiger partial charge in [0.1, 0.15) is 5.44 Å². The highest BCUT2D eigenvalue weighted by atomic mass is 32.2. The van der Waals surface area contributed by atoms with Crippen LogP contribution in [0.4, 0.5) is 0 Å². The van der Waals surface area contributed by atoms with E-state index in [-0.39, 0.29) is 40.5 Å². The van der Waals surface area contributed by atoms with Gasteiger partial charge in [-0.05, 0) is 60.9 Å². The second-order valence-electron chi connectivity index (χ2n) is 12.1. The highest BCUT2D eigenvalue weighted by Gasteiger charge is 2.77. The number of thioether (sulfide) groups is 1. The first-order chi connectivity index (χ1) is 16.9. The van der Waals surface area contributed by atoms with Crippen LogP contribution in [0.3, 0.4) is 0 Å². The third-order valence-corrected chi connectivity index (χ3v) is 11.6. The third kappa shape index (κ3) is 3.40. The van der Waals surface area contributed by atoms with Crippen molar-refractivity contribution in [2.24, 2.45) is 34.0 Å². The first kappa shape index (κ1) is 26.1. The van der Waals surface area contributed by atoms with Crippen LogP contribution in [0.2, 0.25) is 0 Å². The smallest absolute Gasteiger partial charge is 0.306 e. The van der Waals surface area contributed by atoms with E-state index in [0.717, 1.165) is 30.2 Å². The minimum Gasteiger partial charge on any atom is -0.449 e. The minimum absolute atomic E-state index is 0.00277. The lowest BCUT2D eigenvalue weighted by Crippen LogP contribution is -2.66. The number of carbonyl (C=O) groups is 3. The molecule has 1 saturated heterocycles. The van der Waals surface area contributed by atoms with Crippen molar-refractivity contribution in [1.82, 2.24) is 0 Å². The Hall–Kier alpha value is -1.48. The van der Waals surface area contributed by atoms with Crippen molar-refractivity contribution in [1.29, 1.82) is 0 Å². The van der Waals surface area contributed by atoms with E-state index in [0.29, 0.717) is 25.9 Å². The molecule has 5 aliphatic rings. The van der Waals surface area contributed by atoms with Crippen LogP contribution in [-0.2, 0) is 28.9 Å². The number of carbonyl (C=O) groups excluding carboxylic acids is 3. The monoisotopic (exact) mass is 518 g/mol. The fraction of sp³-hybridized carbons (Fsp3) is 0.750. The topological polar surface area (TPSA) is 99.1 Å². The van der Waals surface area contributed by atoms with Crippen LogP contribution >= 0.6 is 11.8 Å². The van der Waals surface area contributed by atoms with Crippen LogP contribution in [0.5, 0.6) is 0 Å². The van der Waals surface area contributed by atoms with E-state index in [1.165, 1.54) is 0 Å². The molecule has 0 aromatic rings. The zero-order valence-electron chi connectivity index (χ0n) is 21.9. The molecule has 7 nitrogen and oxygen atoms in total. The lowest BCUT2D eigenvalue weighted by atomic mass is 9.41. The molecule has 1 N–H and O–H groups in total.